The third-order valence-corrected chi connectivity index (χ3v) is 4.78. The third-order valence-electron chi connectivity index (χ3n) is 4.78. The van der Waals surface area contributed by atoms with Gasteiger partial charge in [-0.15, -0.1) is 0 Å². The number of anilines is 1. The molecule has 0 bridgehead atoms. The second kappa shape index (κ2) is 9.17. The fourth-order valence-corrected chi connectivity index (χ4v) is 3.25. The molecule has 0 aliphatic heterocycles. The fourth-order valence-electron chi connectivity index (χ4n) is 3.25. The number of aromatic nitrogens is 1. The topological polar surface area (TPSA) is 135 Å². The lowest BCUT2D eigenvalue weighted by Gasteiger charge is -2.14. The van der Waals surface area contributed by atoms with E-state index in [4.69, 9.17) is 9.47 Å². The molecule has 0 saturated carbocycles. The van der Waals surface area contributed by atoms with E-state index < -0.39 is 17.8 Å². The molecule has 2 aromatic carbocycles. The maximum Gasteiger partial charge on any atom is 0.336 e. The lowest BCUT2D eigenvalue weighted by molar-refractivity contribution is 0.0695. The number of carbonyl (C=O) groups excluding carboxylic acids is 1. The number of aryl methyl sites for hydroxylation is 1. The predicted molar refractivity (Wildman–Crippen MR) is 116 cm³/mol. The summed E-state index contributed by atoms with van der Waals surface area (Å²) in [6.07, 6.45) is 1.41. The summed E-state index contributed by atoms with van der Waals surface area (Å²) in [5, 5.41) is 21.7. The van der Waals surface area contributed by atoms with Crippen molar-refractivity contribution >= 4 is 23.5 Å². The average Bonchev–Trinajstić information content (AvgIpc) is 2.78. The Morgan fingerprint density at radius 1 is 0.875 bits per heavy atom. The quantitative estimate of drug-likeness (QED) is 0.510. The standard InChI is InChI=1S/C23H20N2O7/c1-12-9-16(17(23(29)30)11-15(12)22(27)28)14-5-4-8-24-20(14)21(26)25-13-6-7-18(31-2)19(10-13)32-3/h4-11H,1-3H3,(H,25,26)(H,27,28)(H,29,30). The molecule has 1 aromatic heterocycles. The Morgan fingerprint density at radius 2 is 1.56 bits per heavy atom. The van der Waals surface area contributed by atoms with Crippen molar-refractivity contribution in [1.29, 1.82) is 0 Å². The van der Waals surface area contributed by atoms with E-state index in [9.17, 15) is 24.6 Å². The van der Waals surface area contributed by atoms with Gasteiger partial charge >= 0.3 is 11.9 Å². The SMILES string of the molecule is COc1ccc(NC(=O)c2ncccc2-c2cc(C)c(C(=O)O)cc2C(=O)O)cc1OC. The number of ether oxygens (including phenoxy) is 2. The monoisotopic (exact) mass is 436 g/mol. The highest BCUT2D eigenvalue weighted by atomic mass is 16.5. The Kier molecular flexibility index (Phi) is 6.39. The number of nitrogens with zero attached hydrogens (tertiary/aromatic N) is 1. The summed E-state index contributed by atoms with van der Waals surface area (Å²) in [5.74, 6) is -2.24. The van der Waals surface area contributed by atoms with E-state index >= 15 is 0 Å². The lowest BCUT2D eigenvalue weighted by atomic mass is 9.93. The van der Waals surface area contributed by atoms with E-state index in [-0.39, 0.29) is 27.9 Å². The Labute approximate surface area is 183 Å². The largest absolute Gasteiger partial charge is 0.493 e. The minimum absolute atomic E-state index is 0.0211. The van der Waals surface area contributed by atoms with Crippen LogP contribution in [-0.2, 0) is 0 Å². The second-order valence-electron chi connectivity index (χ2n) is 6.75. The summed E-state index contributed by atoms with van der Waals surface area (Å²) in [7, 11) is 2.96. The molecule has 0 radical (unpaired) electrons. The zero-order valence-corrected chi connectivity index (χ0v) is 17.5. The van der Waals surface area contributed by atoms with Gasteiger partial charge in [0, 0.05) is 23.5 Å². The van der Waals surface area contributed by atoms with Gasteiger partial charge in [0.2, 0.25) is 0 Å². The van der Waals surface area contributed by atoms with E-state index in [1.165, 1.54) is 26.5 Å². The molecule has 9 heteroatoms. The minimum atomic E-state index is -1.32. The molecule has 0 unspecified atom stereocenters. The van der Waals surface area contributed by atoms with Crippen LogP contribution in [0, 0.1) is 6.92 Å². The van der Waals surface area contributed by atoms with E-state index in [0.29, 0.717) is 22.7 Å². The van der Waals surface area contributed by atoms with Gasteiger partial charge in [-0.2, -0.15) is 0 Å². The van der Waals surface area contributed by atoms with Gasteiger partial charge in [-0.3, -0.25) is 9.78 Å². The number of aromatic carboxylic acids is 2. The van der Waals surface area contributed by atoms with Crippen molar-refractivity contribution in [1.82, 2.24) is 4.98 Å². The molecule has 0 atom stereocenters. The molecule has 32 heavy (non-hydrogen) atoms. The van der Waals surface area contributed by atoms with E-state index in [1.54, 1.807) is 37.3 Å². The minimum Gasteiger partial charge on any atom is -0.493 e. The first-order valence-electron chi connectivity index (χ1n) is 9.36. The first-order chi connectivity index (χ1) is 15.3. The molecule has 3 rings (SSSR count). The molecule has 0 saturated heterocycles. The van der Waals surface area contributed by atoms with Crippen molar-refractivity contribution in [2.75, 3.05) is 19.5 Å². The predicted octanol–water partition coefficient (Wildman–Crippen LogP) is 3.72. The second-order valence-corrected chi connectivity index (χ2v) is 6.75. The number of pyridine rings is 1. The number of hydrogen-bond acceptors (Lipinski definition) is 6. The number of carboxylic acid groups (broad SMARTS) is 2. The molecular weight excluding hydrogens is 416 g/mol. The molecular formula is C23H20N2O7. The Bertz CT molecular complexity index is 1220. The smallest absolute Gasteiger partial charge is 0.336 e. The van der Waals surface area contributed by atoms with Crippen molar-refractivity contribution in [2.45, 2.75) is 6.92 Å². The van der Waals surface area contributed by atoms with Crippen LogP contribution >= 0.6 is 0 Å². The molecule has 0 aliphatic rings. The summed E-state index contributed by atoms with van der Waals surface area (Å²) in [5.41, 5.74) is 0.806. The normalized spacial score (nSPS) is 10.3. The molecule has 9 nitrogen and oxygen atoms in total. The van der Waals surface area contributed by atoms with Gasteiger partial charge in [0.15, 0.2) is 11.5 Å². The highest BCUT2D eigenvalue weighted by molar-refractivity contribution is 6.09. The fraction of sp³-hybridized carbons (Fsp3) is 0.130. The van der Waals surface area contributed by atoms with Gasteiger partial charge < -0.3 is 25.0 Å². The van der Waals surface area contributed by atoms with Crippen LogP contribution in [0.5, 0.6) is 11.5 Å². The highest BCUT2D eigenvalue weighted by Gasteiger charge is 2.22. The summed E-state index contributed by atoms with van der Waals surface area (Å²) >= 11 is 0. The highest BCUT2D eigenvalue weighted by Crippen LogP contribution is 2.32. The summed E-state index contributed by atoms with van der Waals surface area (Å²) < 4.78 is 10.4. The van der Waals surface area contributed by atoms with Crippen molar-refractivity contribution in [3.63, 3.8) is 0 Å². The number of nitrogens with one attached hydrogen (secondary N) is 1. The Hall–Kier alpha value is -4.40. The zero-order valence-electron chi connectivity index (χ0n) is 17.5. The molecule has 164 valence electrons. The van der Waals surface area contributed by atoms with Crippen LogP contribution in [0.4, 0.5) is 5.69 Å². The molecule has 1 heterocycles. The maximum absolute atomic E-state index is 13.0. The number of hydrogen-bond donors (Lipinski definition) is 3. The van der Waals surface area contributed by atoms with Crippen LogP contribution in [0.25, 0.3) is 11.1 Å². The van der Waals surface area contributed by atoms with E-state index in [0.717, 1.165) is 6.07 Å². The van der Waals surface area contributed by atoms with Gasteiger partial charge in [0.1, 0.15) is 5.69 Å². The summed E-state index contributed by atoms with van der Waals surface area (Å²) in [6, 6.07) is 10.5. The van der Waals surface area contributed by atoms with Crippen LogP contribution in [0.1, 0.15) is 36.8 Å². The Balaban J connectivity index is 2.07. The molecule has 3 aromatic rings. The Morgan fingerprint density at radius 3 is 2.19 bits per heavy atom. The van der Waals surface area contributed by atoms with Crippen LogP contribution in [0.3, 0.4) is 0 Å². The van der Waals surface area contributed by atoms with Gasteiger partial charge in [0.05, 0.1) is 25.3 Å². The number of benzene rings is 2. The zero-order chi connectivity index (χ0) is 23.4. The van der Waals surface area contributed by atoms with Gasteiger partial charge in [0.25, 0.3) is 5.91 Å². The van der Waals surface area contributed by atoms with Crippen LogP contribution in [-0.4, -0.2) is 47.3 Å². The number of methoxy groups -OCH3 is 2. The van der Waals surface area contributed by atoms with Crippen LogP contribution < -0.4 is 14.8 Å². The molecule has 1 amide bonds. The first-order valence-corrected chi connectivity index (χ1v) is 9.36. The van der Waals surface area contributed by atoms with Crippen LogP contribution in [0.2, 0.25) is 0 Å². The lowest BCUT2D eigenvalue weighted by Crippen LogP contribution is -2.16. The van der Waals surface area contributed by atoms with Gasteiger partial charge in [-0.25, -0.2) is 9.59 Å². The molecule has 0 fully saturated rings. The van der Waals surface area contributed by atoms with Crippen molar-refractivity contribution in [3.05, 3.63) is 71.0 Å². The number of amides is 1. The average molecular weight is 436 g/mol. The third kappa shape index (κ3) is 4.36. The number of carbonyl (C=O) groups is 3. The molecule has 0 aliphatic carbocycles. The van der Waals surface area contributed by atoms with Crippen molar-refractivity contribution in [3.8, 4) is 22.6 Å². The van der Waals surface area contributed by atoms with Crippen molar-refractivity contribution < 1.29 is 34.1 Å². The number of rotatable bonds is 7. The molecule has 3 N–H and O–H groups in total. The summed E-state index contributed by atoms with van der Waals surface area (Å²) in [4.78, 5) is 40.4. The van der Waals surface area contributed by atoms with Crippen molar-refractivity contribution in [2.24, 2.45) is 0 Å². The summed E-state index contributed by atoms with van der Waals surface area (Å²) in [6.45, 7) is 1.55. The van der Waals surface area contributed by atoms with Gasteiger partial charge in [-0.05, 0) is 48.4 Å². The number of carboxylic acids is 2. The van der Waals surface area contributed by atoms with E-state index in [2.05, 4.69) is 10.3 Å². The molecule has 0 spiro atoms. The maximum atomic E-state index is 13.0. The van der Waals surface area contributed by atoms with Crippen LogP contribution in [0.15, 0.2) is 48.7 Å². The van der Waals surface area contributed by atoms with E-state index in [1.807, 2.05) is 0 Å². The first kappa shape index (κ1) is 22.3. The van der Waals surface area contributed by atoms with Gasteiger partial charge in [-0.1, -0.05) is 6.07 Å².